The number of nitrogens with one attached hydrogen (secondary N) is 1. The molecule has 3 N–H and O–H groups in total. The zero-order valence-electron chi connectivity index (χ0n) is 18.7. The standard InChI is InChI=1S/C22H21F7N2O5/c1-9-15(11-3-4-12(23)16(24)17(11)35-20(25)26)18(36-21(9,2)22(27,28)29)19(34)31-10-5-6-30-13(7-10)14(33)8-32/h3-7,9,14-15,18,20,32-33H,8H2,1-2H3,(H,30,31,34)/t9-,14-,15-,18+,21+/m0/s1. The van der Waals surface area contributed by atoms with E-state index < -0.39 is 77.9 Å². The van der Waals surface area contributed by atoms with E-state index in [4.69, 9.17) is 9.84 Å². The van der Waals surface area contributed by atoms with Crippen molar-refractivity contribution in [2.75, 3.05) is 11.9 Å². The van der Waals surface area contributed by atoms with Crippen LogP contribution in [0.5, 0.6) is 5.75 Å². The van der Waals surface area contributed by atoms with E-state index in [1.807, 2.05) is 0 Å². The van der Waals surface area contributed by atoms with Crippen molar-refractivity contribution in [3.05, 3.63) is 53.4 Å². The van der Waals surface area contributed by atoms with Crippen LogP contribution < -0.4 is 10.1 Å². The van der Waals surface area contributed by atoms with Crippen LogP contribution in [0.4, 0.5) is 36.4 Å². The second-order valence-corrected chi connectivity index (χ2v) is 8.27. The second-order valence-electron chi connectivity index (χ2n) is 8.27. The van der Waals surface area contributed by atoms with E-state index in [2.05, 4.69) is 15.0 Å². The van der Waals surface area contributed by atoms with Gasteiger partial charge in [0.1, 0.15) is 12.2 Å². The minimum absolute atomic E-state index is 0.0533. The molecule has 1 fully saturated rings. The maximum Gasteiger partial charge on any atom is 0.417 e. The maximum atomic E-state index is 14.4. The third-order valence-corrected chi connectivity index (χ3v) is 6.14. The topological polar surface area (TPSA) is 101 Å². The first kappa shape index (κ1) is 27.6. The summed E-state index contributed by atoms with van der Waals surface area (Å²) in [5, 5.41) is 21.1. The van der Waals surface area contributed by atoms with Crippen molar-refractivity contribution >= 4 is 11.6 Å². The van der Waals surface area contributed by atoms with Gasteiger partial charge < -0.3 is 25.0 Å². The molecule has 0 radical (unpaired) electrons. The lowest BCUT2D eigenvalue weighted by Gasteiger charge is -2.32. The van der Waals surface area contributed by atoms with Crippen LogP contribution in [0.1, 0.15) is 37.1 Å². The van der Waals surface area contributed by atoms with E-state index in [1.165, 1.54) is 6.07 Å². The summed E-state index contributed by atoms with van der Waals surface area (Å²) in [5.41, 5.74) is -3.73. The summed E-state index contributed by atoms with van der Waals surface area (Å²) in [7, 11) is 0. The molecule has 7 nitrogen and oxygen atoms in total. The molecule has 1 aromatic carbocycles. The first-order valence-electron chi connectivity index (χ1n) is 10.4. The third kappa shape index (κ3) is 5.11. The van der Waals surface area contributed by atoms with Gasteiger partial charge in [0.25, 0.3) is 5.91 Å². The molecule has 0 aliphatic carbocycles. The fourth-order valence-electron chi connectivity index (χ4n) is 4.06. The molecule has 1 aromatic heterocycles. The fourth-order valence-corrected chi connectivity index (χ4v) is 4.06. The van der Waals surface area contributed by atoms with Gasteiger partial charge in [0.05, 0.1) is 12.3 Å². The summed E-state index contributed by atoms with van der Waals surface area (Å²) in [4.78, 5) is 16.9. The Kier molecular flexibility index (Phi) is 7.81. The number of pyridine rings is 1. The van der Waals surface area contributed by atoms with Crippen LogP contribution in [-0.4, -0.2) is 52.2 Å². The van der Waals surface area contributed by atoms with Crippen molar-refractivity contribution < 1.29 is 55.2 Å². The number of hydrogen-bond acceptors (Lipinski definition) is 6. The molecule has 0 bridgehead atoms. The number of carbonyl (C=O) groups excluding carboxylic acids is 1. The molecule has 1 amide bonds. The van der Waals surface area contributed by atoms with Gasteiger partial charge in [-0.2, -0.15) is 26.3 Å². The molecule has 1 aliphatic rings. The Morgan fingerprint density at radius 1 is 1.28 bits per heavy atom. The zero-order chi connectivity index (χ0) is 27.0. The molecule has 1 saturated heterocycles. The van der Waals surface area contributed by atoms with Crippen LogP contribution in [0.2, 0.25) is 0 Å². The molecule has 1 aliphatic heterocycles. The van der Waals surface area contributed by atoms with Crippen LogP contribution in [0, 0.1) is 17.6 Å². The van der Waals surface area contributed by atoms with Crippen molar-refractivity contribution in [3.63, 3.8) is 0 Å². The van der Waals surface area contributed by atoms with E-state index >= 15 is 0 Å². The van der Waals surface area contributed by atoms with Crippen LogP contribution in [-0.2, 0) is 9.53 Å². The van der Waals surface area contributed by atoms with Gasteiger partial charge in [-0.1, -0.05) is 13.0 Å². The number of amides is 1. The lowest BCUT2D eigenvalue weighted by Crippen LogP contribution is -2.47. The van der Waals surface area contributed by atoms with Gasteiger partial charge >= 0.3 is 12.8 Å². The van der Waals surface area contributed by atoms with Crippen LogP contribution in [0.3, 0.4) is 0 Å². The van der Waals surface area contributed by atoms with Gasteiger partial charge in [0.15, 0.2) is 17.2 Å². The van der Waals surface area contributed by atoms with Gasteiger partial charge in [-0.05, 0) is 25.1 Å². The van der Waals surface area contributed by atoms with Crippen LogP contribution in [0.15, 0.2) is 30.5 Å². The summed E-state index contributed by atoms with van der Waals surface area (Å²) in [5.74, 6) is -9.33. The van der Waals surface area contributed by atoms with Crippen molar-refractivity contribution in [2.45, 2.75) is 50.4 Å². The molecule has 0 unspecified atom stereocenters. The van der Waals surface area contributed by atoms with Gasteiger partial charge in [0.2, 0.25) is 5.82 Å². The normalized spacial score (nSPS) is 25.2. The largest absolute Gasteiger partial charge is 0.431 e. The number of alkyl halides is 5. The Morgan fingerprint density at radius 3 is 2.53 bits per heavy atom. The van der Waals surface area contributed by atoms with Crippen molar-refractivity contribution in [3.8, 4) is 5.75 Å². The second kappa shape index (κ2) is 10.2. The number of aliphatic hydroxyl groups is 2. The molecule has 2 heterocycles. The third-order valence-electron chi connectivity index (χ3n) is 6.14. The van der Waals surface area contributed by atoms with Gasteiger partial charge in [-0.3, -0.25) is 9.78 Å². The predicted octanol–water partition coefficient (Wildman–Crippen LogP) is 4.07. The van der Waals surface area contributed by atoms with E-state index in [0.29, 0.717) is 13.0 Å². The number of hydrogen-bond donors (Lipinski definition) is 3. The number of rotatable bonds is 7. The highest BCUT2D eigenvalue weighted by Crippen LogP contribution is 2.55. The number of aliphatic hydroxyl groups excluding tert-OH is 2. The number of aromatic nitrogens is 1. The quantitative estimate of drug-likeness (QED) is 0.471. The number of halogens is 7. The molecular weight excluding hydrogens is 505 g/mol. The maximum absolute atomic E-state index is 14.4. The zero-order valence-corrected chi connectivity index (χ0v) is 18.7. The Morgan fingerprint density at radius 2 is 1.94 bits per heavy atom. The van der Waals surface area contributed by atoms with Gasteiger partial charge in [-0.15, -0.1) is 0 Å². The first-order chi connectivity index (χ1) is 16.7. The van der Waals surface area contributed by atoms with E-state index in [1.54, 1.807) is 0 Å². The van der Waals surface area contributed by atoms with E-state index in [0.717, 1.165) is 25.3 Å². The summed E-state index contributed by atoms with van der Waals surface area (Å²) < 4.78 is 105. The highest BCUT2D eigenvalue weighted by molar-refractivity contribution is 5.95. The Labute approximate surface area is 199 Å². The summed E-state index contributed by atoms with van der Waals surface area (Å²) in [6.45, 7) is -2.68. The number of nitrogens with zero attached hydrogens (tertiary/aromatic N) is 1. The SMILES string of the molecule is C[C@H]1[C@@H](c2ccc(F)c(F)c2OC(F)F)[C@H](C(=O)Nc2ccnc([C@@H](O)CO)c2)O[C@@]1(C)C(F)(F)F. The van der Waals surface area contributed by atoms with Crippen LogP contribution >= 0.6 is 0 Å². The monoisotopic (exact) mass is 526 g/mol. The molecule has 198 valence electrons. The molecule has 14 heteroatoms. The fraction of sp³-hybridized carbons (Fsp3) is 0.455. The molecule has 36 heavy (non-hydrogen) atoms. The smallest absolute Gasteiger partial charge is 0.417 e. The van der Waals surface area contributed by atoms with Crippen molar-refractivity contribution in [1.29, 1.82) is 0 Å². The number of benzene rings is 1. The Hall–Kier alpha value is -2.97. The minimum Gasteiger partial charge on any atom is -0.431 e. The lowest BCUT2D eigenvalue weighted by molar-refractivity contribution is -0.272. The minimum atomic E-state index is -5.04. The summed E-state index contributed by atoms with van der Waals surface area (Å²) in [6, 6.07) is 3.63. The van der Waals surface area contributed by atoms with Gasteiger partial charge in [-0.25, -0.2) is 4.39 Å². The first-order valence-corrected chi connectivity index (χ1v) is 10.4. The number of ether oxygens (including phenoxy) is 2. The molecule has 0 spiro atoms. The molecule has 2 aromatic rings. The Balaban J connectivity index is 2.08. The molecule has 0 saturated carbocycles. The number of anilines is 1. The van der Waals surface area contributed by atoms with Crippen molar-refractivity contribution in [1.82, 2.24) is 4.98 Å². The highest BCUT2D eigenvalue weighted by atomic mass is 19.4. The average molecular weight is 526 g/mol. The lowest BCUT2D eigenvalue weighted by atomic mass is 9.77. The average Bonchev–Trinajstić information content (AvgIpc) is 3.08. The molecular formula is C22H21F7N2O5. The van der Waals surface area contributed by atoms with E-state index in [9.17, 15) is 40.6 Å². The van der Waals surface area contributed by atoms with Crippen molar-refractivity contribution in [2.24, 2.45) is 5.92 Å². The summed E-state index contributed by atoms with van der Waals surface area (Å²) in [6.07, 6.45) is -7.33. The van der Waals surface area contributed by atoms with Gasteiger partial charge in [0, 0.05) is 29.3 Å². The highest BCUT2D eigenvalue weighted by Gasteiger charge is 2.66. The molecule has 5 atom stereocenters. The Bertz CT molecular complexity index is 1120. The predicted molar refractivity (Wildman–Crippen MR) is 109 cm³/mol. The van der Waals surface area contributed by atoms with Crippen LogP contribution in [0.25, 0.3) is 0 Å². The molecule has 3 rings (SSSR count). The number of carbonyl (C=O) groups is 1. The summed E-state index contributed by atoms with van der Waals surface area (Å²) >= 11 is 0. The van der Waals surface area contributed by atoms with E-state index in [-0.39, 0.29) is 11.4 Å².